The molecule has 0 bridgehead atoms. The molecule has 0 aliphatic carbocycles. The zero-order chi connectivity index (χ0) is 14.0. The van der Waals surface area contributed by atoms with E-state index in [4.69, 9.17) is 11.6 Å². The monoisotopic (exact) mass is 281 g/mol. The Kier molecular flexibility index (Phi) is 3.66. The minimum absolute atomic E-state index is 0.141. The zero-order valence-electron chi connectivity index (χ0n) is 10.4. The number of nitrogens with one attached hydrogen (secondary N) is 1. The van der Waals surface area contributed by atoms with Gasteiger partial charge in [0.1, 0.15) is 12.0 Å². The Morgan fingerprint density at radius 3 is 2.89 bits per heavy atom. The summed E-state index contributed by atoms with van der Waals surface area (Å²) in [4.78, 5) is 14.0. The van der Waals surface area contributed by atoms with Gasteiger partial charge in [0, 0.05) is 19.3 Å². The number of halogens is 1. The lowest BCUT2D eigenvalue weighted by atomic mass is 10.3. The van der Waals surface area contributed by atoms with Crippen LogP contribution in [0.4, 0.5) is 17.2 Å². The maximum Gasteiger partial charge on any atom is 0.289 e. The maximum atomic E-state index is 10.6. The lowest BCUT2D eigenvalue weighted by molar-refractivity contribution is -0.385. The van der Waals surface area contributed by atoms with Crippen LogP contribution in [-0.2, 0) is 13.5 Å². The molecule has 1 N–H and O–H groups in total. The van der Waals surface area contributed by atoms with Crippen LogP contribution in [0.5, 0.6) is 0 Å². The molecule has 19 heavy (non-hydrogen) atoms. The summed E-state index contributed by atoms with van der Waals surface area (Å²) in [6.07, 6.45) is 3.72. The van der Waals surface area contributed by atoms with Gasteiger partial charge in [-0.1, -0.05) is 18.5 Å². The highest BCUT2D eigenvalue weighted by molar-refractivity contribution is 6.33. The molecule has 0 unspecified atom stereocenters. The van der Waals surface area contributed by atoms with Crippen LogP contribution in [0.1, 0.15) is 12.6 Å². The van der Waals surface area contributed by atoms with E-state index in [0.717, 1.165) is 24.0 Å². The molecular formula is C11H12ClN5O2. The van der Waals surface area contributed by atoms with E-state index < -0.39 is 4.92 Å². The van der Waals surface area contributed by atoms with Crippen LogP contribution in [0.3, 0.4) is 0 Å². The zero-order valence-corrected chi connectivity index (χ0v) is 11.2. The van der Waals surface area contributed by atoms with E-state index in [-0.39, 0.29) is 10.7 Å². The van der Waals surface area contributed by atoms with E-state index in [2.05, 4.69) is 15.4 Å². The molecule has 0 aromatic carbocycles. The summed E-state index contributed by atoms with van der Waals surface area (Å²) >= 11 is 5.97. The summed E-state index contributed by atoms with van der Waals surface area (Å²) in [6, 6.07) is 1.26. The molecule has 2 rings (SSSR count). The van der Waals surface area contributed by atoms with Gasteiger partial charge in [0.25, 0.3) is 5.69 Å². The predicted molar refractivity (Wildman–Crippen MR) is 71.8 cm³/mol. The molecule has 7 nitrogen and oxygen atoms in total. The van der Waals surface area contributed by atoms with Gasteiger partial charge in [-0.25, -0.2) is 4.98 Å². The van der Waals surface area contributed by atoms with E-state index in [1.165, 1.54) is 6.07 Å². The highest BCUT2D eigenvalue weighted by atomic mass is 35.5. The average molecular weight is 282 g/mol. The first-order chi connectivity index (χ1) is 9.01. The fraction of sp³-hybridized carbons (Fsp3) is 0.273. The Morgan fingerprint density at radius 1 is 1.58 bits per heavy atom. The second-order valence-electron chi connectivity index (χ2n) is 3.92. The molecule has 0 spiro atoms. The highest BCUT2D eigenvalue weighted by Crippen LogP contribution is 2.27. The lowest BCUT2D eigenvalue weighted by Gasteiger charge is -2.06. The topological polar surface area (TPSA) is 85.9 Å². The molecule has 0 amide bonds. The number of anilines is 2. The van der Waals surface area contributed by atoms with Gasteiger partial charge in [-0.3, -0.25) is 14.8 Å². The molecule has 100 valence electrons. The molecule has 8 heteroatoms. The van der Waals surface area contributed by atoms with Gasteiger partial charge in [0.15, 0.2) is 0 Å². The molecule has 0 aliphatic heterocycles. The van der Waals surface area contributed by atoms with E-state index >= 15 is 0 Å². The first kappa shape index (κ1) is 13.3. The van der Waals surface area contributed by atoms with E-state index in [1.54, 1.807) is 10.9 Å². The molecule has 0 fully saturated rings. The van der Waals surface area contributed by atoms with Crippen molar-refractivity contribution in [1.29, 1.82) is 0 Å². The smallest absolute Gasteiger partial charge is 0.289 e. The second kappa shape index (κ2) is 5.23. The quantitative estimate of drug-likeness (QED) is 0.688. The lowest BCUT2D eigenvalue weighted by Crippen LogP contribution is -1.98. The van der Waals surface area contributed by atoms with Crippen LogP contribution in [0.25, 0.3) is 0 Å². The van der Waals surface area contributed by atoms with Crippen molar-refractivity contribution in [3.8, 4) is 0 Å². The summed E-state index contributed by atoms with van der Waals surface area (Å²) in [5.74, 6) is 0.370. The molecule has 2 aromatic heterocycles. The molecule has 0 saturated heterocycles. The Labute approximate surface area is 114 Å². The van der Waals surface area contributed by atoms with Gasteiger partial charge in [0.2, 0.25) is 0 Å². The normalized spacial score (nSPS) is 10.5. The number of hydrogen-bond acceptors (Lipinski definition) is 5. The summed E-state index contributed by atoms with van der Waals surface area (Å²) in [5, 5.41) is 18.1. The van der Waals surface area contributed by atoms with E-state index in [0.29, 0.717) is 5.82 Å². The van der Waals surface area contributed by atoms with Gasteiger partial charge in [0.05, 0.1) is 21.3 Å². The van der Waals surface area contributed by atoms with E-state index in [1.807, 2.05) is 14.0 Å². The number of aryl methyl sites for hydroxylation is 2. The number of hydrogen-bond donors (Lipinski definition) is 1. The molecule has 0 saturated carbocycles. The van der Waals surface area contributed by atoms with Gasteiger partial charge in [-0.2, -0.15) is 5.10 Å². The minimum Gasteiger partial charge on any atom is -0.336 e. The molecular weight excluding hydrogens is 270 g/mol. The van der Waals surface area contributed by atoms with Crippen molar-refractivity contribution in [3.63, 3.8) is 0 Å². The maximum absolute atomic E-state index is 10.6. The third kappa shape index (κ3) is 2.82. The van der Waals surface area contributed by atoms with E-state index in [9.17, 15) is 10.1 Å². The summed E-state index contributed by atoms with van der Waals surface area (Å²) in [7, 11) is 1.81. The van der Waals surface area contributed by atoms with Gasteiger partial charge < -0.3 is 5.32 Å². The molecule has 0 aliphatic rings. The van der Waals surface area contributed by atoms with Crippen LogP contribution in [0.2, 0.25) is 5.02 Å². The largest absolute Gasteiger partial charge is 0.336 e. The van der Waals surface area contributed by atoms with Gasteiger partial charge in [-0.05, 0) is 6.42 Å². The Bertz CT molecular complexity index is 626. The van der Waals surface area contributed by atoms with Gasteiger partial charge in [-0.15, -0.1) is 0 Å². The summed E-state index contributed by atoms with van der Waals surface area (Å²) in [5.41, 5.74) is 1.52. The average Bonchev–Trinajstić information content (AvgIpc) is 2.71. The minimum atomic E-state index is -0.537. The van der Waals surface area contributed by atoms with Crippen molar-refractivity contribution in [3.05, 3.63) is 39.3 Å². The fourth-order valence-electron chi connectivity index (χ4n) is 1.65. The number of pyridine rings is 1. The molecule has 2 heterocycles. The number of aromatic nitrogens is 3. The van der Waals surface area contributed by atoms with Crippen molar-refractivity contribution in [2.24, 2.45) is 7.05 Å². The van der Waals surface area contributed by atoms with Crippen molar-refractivity contribution in [1.82, 2.24) is 14.8 Å². The molecule has 2 aromatic rings. The number of nitrogens with zero attached hydrogens (tertiary/aromatic N) is 4. The fourth-order valence-corrected chi connectivity index (χ4v) is 1.86. The predicted octanol–water partition coefficient (Wildman–Crippen LogP) is 2.68. The Balaban J connectivity index is 2.30. The van der Waals surface area contributed by atoms with Crippen LogP contribution in [0, 0.1) is 10.1 Å². The van der Waals surface area contributed by atoms with Crippen molar-refractivity contribution < 1.29 is 4.92 Å². The van der Waals surface area contributed by atoms with Gasteiger partial charge >= 0.3 is 0 Å². The molecule has 0 atom stereocenters. The Hall–Kier alpha value is -2.15. The third-order valence-corrected chi connectivity index (χ3v) is 2.82. The number of rotatable bonds is 4. The van der Waals surface area contributed by atoms with Crippen LogP contribution >= 0.6 is 11.6 Å². The van der Waals surface area contributed by atoms with Crippen molar-refractivity contribution >= 4 is 28.8 Å². The third-order valence-electron chi connectivity index (χ3n) is 2.53. The number of nitro groups is 1. The van der Waals surface area contributed by atoms with Crippen molar-refractivity contribution in [2.75, 3.05) is 5.32 Å². The van der Waals surface area contributed by atoms with Crippen LogP contribution in [-0.4, -0.2) is 19.7 Å². The highest BCUT2D eigenvalue weighted by Gasteiger charge is 2.13. The van der Waals surface area contributed by atoms with Crippen molar-refractivity contribution in [2.45, 2.75) is 13.3 Å². The first-order valence-corrected chi connectivity index (χ1v) is 5.98. The molecule has 0 radical (unpaired) electrons. The van der Waals surface area contributed by atoms with Crippen LogP contribution in [0.15, 0.2) is 18.5 Å². The SMILES string of the molecule is CCc1nn(C)cc1Nc1ncc([N+](=O)[O-])cc1Cl. The summed E-state index contributed by atoms with van der Waals surface area (Å²) < 4.78 is 1.68. The Morgan fingerprint density at radius 2 is 2.32 bits per heavy atom. The second-order valence-corrected chi connectivity index (χ2v) is 4.33. The summed E-state index contributed by atoms with van der Waals surface area (Å²) in [6.45, 7) is 1.98. The first-order valence-electron chi connectivity index (χ1n) is 5.60. The van der Waals surface area contributed by atoms with Crippen LogP contribution < -0.4 is 5.32 Å². The standard InChI is InChI=1S/C11H12ClN5O2/c1-3-9-10(6-16(2)15-9)14-11-8(12)4-7(5-13-11)17(18)19/h4-6H,3H2,1-2H3,(H,13,14).